The Hall–Kier alpha value is -1.17. The van der Waals surface area contributed by atoms with Gasteiger partial charge in [-0.1, -0.05) is 0 Å². The summed E-state index contributed by atoms with van der Waals surface area (Å²) in [6.07, 6.45) is 10.9. The maximum atomic E-state index is 4.68. The van der Waals surface area contributed by atoms with Crippen LogP contribution in [0.5, 0.6) is 0 Å². The zero-order valence-electron chi connectivity index (χ0n) is 13.3. The van der Waals surface area contributed by atoms with E-state index in [0.717, 1.165) is 30.7 Å². The molecule has 0 radical (unpaired) electrons. The van der Waals surface area contributed by atoms with Crippen LogP contribution in [0.2, 0.25) is 0 Å². The first-order chi connectivity index (χ1) is 10.2. The van der Waals surface area contributed by atoms with Crippen molar-refractivity contribution < 1.29 is 0 Å². The molecule has 0 amide bonds. The van der Waals surface area contributed by atoms with Crippen LogP contribution in [0.3, 0.4) is 0 Å². The molecule has 2 atom stereocenters. The molecule has 2 rings (SSSR count). The third kappa shape index (κ3) is 5.26. The summed E-state index contributed by atoms with van der Waals surface area (Å²) in [7, 11) is 1.95. The first kappa shape index (κ1) is 16.2. The van der Waals surface area contributed by atoms with E-state index in [1.165, 1.54) is 24.8 Å². The molecule has 5 nitrogen and oxygen atoms in total. The van der Waals surface area contributed by atoms with Crippen molar-refractivity contribution in [3.05, 3.63) is 18.0 Å². The van der Waals surface area contributed by atoms with Crippen LogP contribution in [0, 0.1) is 0 Å². The van der Waals surface area contributed by atoms with E-state index < -0.39 is 0 Å². The lowest BCUT2D eigenvalue weighted by molar-refractivity contribution is 0.615. The minimum atomic E-state index is 0.568. The van der Waals surface area contributed by atoms with Gasteiger partial charge in [0.1, 0.15) is 0 Å². The smallest absolute Gasteiger partial charge is 0.191 e. The van der Waals surface area contributed by atoms with Crippen molar-refractivity contribution in [2.75, 3.05) is 19.3 Å². The van der Waals surface area contributed by atoms with Gasteiger partial charge in [0, 0.05) is 37.6 Å². The molecule has 1 saturated carbocycles. The summed E-state index contributed by atoms with van der Waals surface area (Å²) in [5, 5.41) is 11.9. The quantitative estimate of drug-likeness (QED) is 0.621. The molecule has 6 heteroatoms. The third-order valence-corrected chi connectivity index (χ3v) is 4.93. The van der Waals surface area contributed by atoms with Crippen molar-refractivity contribution in [2.24, 2.45) is 12.0 Å². The fourth-order valence-electron chi connectivity index (χ4n) is 2.70. The molecule has 21 heavy (non-hydrogen) atoms. The predicted molar refractivity (Wildman–Crippen MR) is 91.0 cm³/mol. The molecule has 118 valence electrons. The normalized spacial score (nSPS) is 22.5. The molecule has 1 fully saturated rings. The number of hydrogen-bond acceptors (Lipinski definition) is 3. The van der Waals surface area contributed by atoms with Gasteiger partial charge in [-0.15, -0.1) is 0 Å². The minimum Gasteiger partial charge on any atom is -0.357 e. The summed E-state index contributed by atoms with van der Waals surface area (Å²) >= 11 is 1.98. The zero-order valence-corrected chi connectivity index (χ0v) is 14.1. The number of aryl methyl sites for hydroxylation is 1. The Balaban J connectivity index is 1.81. The van der Waals surface area contributed by atoms with E-state index in [9.17, 15) is 0 Å². The van der Waals surface area contributed by atoms with Crippen molar-refractivity contribution in [3.63, 3.8) is 0 Å². The molecule has 2 N–H and O–H groups in total. The second kappa shape index (κ2) is 8.32. The highest BCUT2D eigenvalue weighted by atomic mass is 32.2. The number of aromatic nitrogens is 2. The van der Waals surface area contributed by atoms with Gasteiger partial charge in [-0.2, -0.15) is 16.9 Å². The van der Waals surface area contributed by atoms with Crippen LogP contribution in [-0.4, -0.2) is 46.4 Å². The fraction of sp³-hybridized carbons (Fsp3) is 0.733. The summed E-state index contributed by atoms with van der Waals surface area (Å²) < 4.78 is 1.84. The summed E-state index contributed by atoms with van der Waals surface area (Å²) in [5.41, 5.74) is 1.24. The van der Waals surface area contributed by atoms with E-state index in [-0.39, 0.29) is 0 Å². The second-order valence-electron chi connectivity index (χ2n) is 5.54. The molecule has 1 aromatic heterocycles. The summed E-state index contributed by atoms with van der Waals surface area (Å²) in [5.74, 6) is 0.952. The molecule has 0 saturated heterocycles. The molecule has 1 aliphatic rings. The van der Waals surface area contributed by atoms with Gasteiger partial charge in [-0.25, -0.2) is 0 Å². The summed E-state index contributed by atoms with van der Waals surface area (Å²) in [6, 6.07) is 0.568. The average Bonchev–Trinajstić information content (AvgIpc) is 3.08. The van der Waals surface area contributed by atoms with E-state index in [1.54, 1.807) is 0 Å². The lowest BCUT2D eigenvalue weighted by atomic mass is 10.2. The van der Waals surface area contributed by atoms with Crippen molar-refractivity contribution in [1.29, 1.82) is 0 Å². The monoisotopic (exact) mass is 309 g/mol. The van der Waals surface area contributed by atoms with E-state index in [1.807, 2.05) is 29.7 Å². The molecule has 0 spiro atoms. The molecule has 1 aliphatic carbocycles. The van der Waals surface area contributed by atoms with Gasteiger partial charge in [-0.05, 0) is 44.4 Å². The number of hydrogen-bond donors (Lipinski definition) is 2. The number of nitrogens with zero attached hydrogens (tertiary/aromatic N) is 3. The predicted octanol–water partition coefficient (Wildman–Crippen LogP) is 1.80. The Labute approximate surface area is 132 Å². The van der Waals surface area contributed by atoms with Crippen LogP contribution >= 0.6 is 11.8 Å². The minimum absolute atomic E-state index is 0.568. The molecular weight excluding hydrogens is 282 g/mol. The third-order valence-electron chi connectivity index (χ3n) is 3.83. The number of nitrogens with one attached hydrogen (secondary N) is 2. The Bertz CT molecular complexity index is 457. The molecule has 0 aromatic carbocycles. The van der Waals surface area contributed by atoms with E-state index >= 15 is 0 Å². The Kier molecular flexibility index (Phi) is 6.42. The molecule has 1 aromatic rings. The number of aliphatic imine (C=N–C) groups is 1. The van der Waals surface area contributed by atoms with Gasteiger partial charge in [-0.3, -0.25) is 9.67 Å². The number of guanidine groups is 1. The van der Waals surface area contributed by atoms with Gasteiger partial charge in [0.25, 0.3) is 0 Å². The van der Waals surface area contributed by atoms with Crippen molar-refractivity contribution in [3.8, 4) is 0 Å². The zero-order chi connectivity index (χ0) is 15.1. The largest absolute Gasteiger partial charge is 0.357 e. The highest BCUT2D eigenvalue weighted by molar-refractivity contribution is 7.99. The lowest BCUT2D eigenvalue weighted by Crippen LogP contribution is -2.42. The molecule has 0 aliphatic heterocycles. The average molecular weight is 309 g/mol. The van der Waals surface area contributed by atoms with Crippen LogP contribution in [0.4, 0.5) is 0 Å². The van der Waals surface area contributed by atoms with Crippen LogP contribution in [0.25, 0.3) is 0 Å². The van der Waals surface area contributed by atoms with Crippen LogP contribution in [0.15, 0.2) is 17.4 Å². The summed E-state index contributed by atoms with van der Waals surface area (Å²) in [4.78, 5) is 4.68. The van der Waals surface area contributed by atoms with Gasteiger partial charge >= 0.3 is 0 Å². The first-order valence-corrected chi connectivity index (χ1v) is 9.05. The van der Waals surface area contributed by atoms with Crippen molar-refractivity contribution in [1.82, 2.24) is 20.4 Å². The topological polar surface area (TPSA) is 54.2 Å². The summed E-state index contributed by atoms with van der Waals surface area (Å²) in [6.45, 7) is 3.80. The van der Waals surface area contributed by atoms with Gasteiger partial charge in [0.15, 0.2) is 5.96 Å². The fourth-order valence-corrected chi connectivity index (χ4v) is 3.49. The standard InChI is InChI=1S/C15H27N5S/c1-4-16-15(19-13-5-6-14(9-13)21-3)17-8-7-12-10-18-20(2)11-12/h10-11,13-14H,4-9H2,1-3H3,(H2,16,17,19). The van der Waals surface area contributed by atoms with E-state index in [4.69, 9.17) is 0 Å². The van der Waals surface area contributed by atoms with E-state index in [0.29, 0.717) is 6.04 Å². The molecule has 2 unspecified atom stereocenters. The van der Waals surface area contributed by atoms with Gasteiger partial charge in [0.05, 0.1) is 6.20 Å². The second-order valence-corrected chi connectivity index (χ2v) is 6.68. The maximum absolute atomic E-state index is 4.68. The Morgan fingerprint density at radius 2 is 2.38 bits per heavy atom. The highest BCUT2D eigenvalue weighted by Crippen LogP contribution is 2.27. The van der Waals surface area contributed by atoms with Crippen LogP contribution in [-0.2, 0) is 13.5 Å². The van der Waals surface area contributed by atoms with Crippen LogP contribution < -0.4 is 10.6 Å². The first-order valence-electron chi connectivity index (χ1n) is 7.76. The Morgan fingerprint density at radius 1 is 1.52 bits per heavy atom. The molecule has 0 bridgehead atoms. The Morgan fingerprint density at radius 3 is 3.00 bits per heavy atom. The molecule has 1 heterocycles. The van der Waals surface area contributed by atoms with Crippen molar-refractivity contribution >= 4 is 17.7 Å². The van der Waals surface area contributed by atoms with Crippen molar-refractivity contribution in [2.45, 2.75) is 43.9 Å². The molecular formula is C15H27N5S. The lowest BCUT2D eigenvalue weighted by Gasteiger charge is -2.17. The maximum Gasteiger partial charge on any atom is 0.191 e. The highest BCUT2D eigenvalue weighted by Gasteiger charge is 2.24. The number of thioether (sulfide) groups is 1. The van der Waals surface area contributed by atoms with Crippen LogP contribution in [0.1, 0.15) is 31.7 Å². The van der Waals surface area contributed by atoms with Gasteiger partial charge in [0.2, 0.25) is 0 Å². The SMILES string of the molecule is CCNC(=NCCc1cnn(C)c1)NC1CCC(SC)C1. The van der Waals surface area contributed by atoms with E-state index in [2.05, 4.69) is 40.1 Å². The van der Waals surface area contributed by atoms with Gasteiger partial charge < -0.3 is 10.6 Å². The number of rotatable bonds is 6.